The van der Waals surface area contributed by atoms with Crippen LogP contribution in [0.15, 0.2) is 16.6 Å². The molecule has 0 saturated heterocycles. The molecule has 19 heavy (non-hydrogen) atoms. The number of ether oxygens (including phenoxy) is 3. The molecular formula is C14H18BrNO3. The van der Waals surface area contributed by atoms with Crippen LogP contribution in [0.25, 0.3) is 0 Å². The second-order valence-corrected chi connectivity index (χ2v) is 5.86. The third kappa shape index (κ3) is 2.73. The Hall–Kier alpha value is -0.780. The first-order valence-electron chi connectivity index (χ1n) is 6.62. The quantitative estimate of drug-likeness (QED) is 0.923. The highest BCUT2D eigenvalue weighted by atomic mass is 79.9. The molecule has 1 aliphatic carbocycles. The lowest BCUT2D eigenvalue weighted by Gasteiger charge is -2.19. The van der Waals surface area contributed by atoms with Crippen molar-refractivity contribution in [3.8, 4) is 11.5 Å². The second-order valence-electron chi connectivity index (χ2n) is 5.00. The van der Waals surface area contributed by atoms with Gasteiger partial charge in [0.15, 0.2) is 11.5 Å². The van der Waals surface area contributed by atoms with E-state index >= 15 is 0 Å². The molecule has 1 fully saturated rings. The molecule has 2 unspecified atom stereocenters. The van der Waals surface area contributed by atoms with Gasteiger partial charge in [-0.1, -0.05) is 0 Å². The minimum Gasteiger partial charge on any atom is -0.454 e. The van der Waals surface area contributed by atoms with Gasteiger partial charge in [-0.15, -0.1) is 0 Å². The highest BCUT2D eigenvalue weighted by Gasteiger charge is 2.26. The average Bonchev–Trinajstić information content (AvgIpc) is 3.04. The molecule has 0 aromatic heterocycles. The van der Waals surface area contributed by atoms with E-state index in [-0.39, 0.29) is 0 Å². The van der Waals surface area contributed by atoms with Gasteiger partial charge in [0.2, 0.25) is 6.79 Å². The molecule has 5 heteroatoms. The number of halogens is 1. The van der Waals surface area contributed by atoms with E-state index < -0.39 is 0 Å². The lowest BCUT2D eigenvalue weighted by atomic mass is 10.1. The number of fused-ring (bicyclic) bond motifs is 1. The van der Waals surface area contributed by atoms with Crippen molar-refractivity contribution < 1.29 is 14.2 Å². The van der Waals surface area contributed by atoms with Crippen molar-refractivity contribution in [2.45, 2.75) is 38.0 Å². The van der Waals surface area contributed by atoms with Crippen LogP contribution in [-0.2, 0) is 11.3 Å². The molecule has 1 N–H and O–H groups in total. The van der Waals surface area contributed by atoms with Crippen LogP contribution in [0.3, 0.4) is 0 Å². The van der Waals surface area contributed by atoms with Crippen LogP contribution in [0, 0.1) is 0 Å². The van der Waals surface area contributed by atoms with Gasteiger partial charge in [0, 0.05) is 19.7 Å². The summed E-state index contributed by atoms with van der Waals surface area (Å²) in [5, 5.41) is 3.58. The van der Waals surface area contributed by atoms with E-state index in [1.165, 1.54) is 18.4 Å². The number of rotatable bonds is 4. The van der Waals surface area contributed by atoms with Crippen LogP contribution in [0.1, 0.15) is 24.8 Å². The summed E-state index contributed by atoms with van der Waals surface area (Å²) < 4.78 is 17.3. The molecule has 1 saturated carbocycles. The Balaban J connectivity index is 1.66. The van der Waals surface area contributed by atoms with E-state index in [4.69, 9.17) is 14.2 Å². The summed E-state index contributed by atoms with van der Waals surface area (Å²) in [6.07, 6.45) is 3.92. The fourth-order valence-corrected chi connectivity index (χ4v) is 3.42. The molecule has 0 spiro atoms. The Labute approximate surface area is 121 Å². The maximum absolute atomic E-state index is 5.49. The molecule has 3 rings (SSSR count). The minimum atomic E-state index is 0.305. The van der Waals surface area contributed by atoms with Crippen LogP contribution in [0.5, 0.6) is 11.5 Å². The summed E-state index contributed by atoms with van der Waals surface area (Å²) >= 11 is 3.52. The lowest BCUT2D eigenvalue weighted by Crippen LogP contribution is -2.36. The van der Waals surface area contributed by atoms with Gasteiger partial charge in [-0.3, -0.25) is 0 Å². The summed E-state index contributed by atoms with van der Waals surface area (Å²) in [6, 6.07) is 4.57. The fraction of sp³-hybridized carbons (Fsp3) is 0.571. The highest BCUT2D eigenvalue weighted by molar-refractivity contribution is 9.10. The third-order valence-corrected chi connectivity index (χ3v) is 4.40. The van der Waals surface area contributed by atoms with E-state index in [1.807, 2.05) is 6.07 Å². The predicted molar refractivity (Wildman–Crippen MR) is 75.5 cm³/mol. The Morgan fingerprint density at radius 2 is 2.26 bits per heavy atom. The van der Waals surface area contributed by atoms with Crippen LogP contribution in [0.2, 0.25) is 0 Å². The summed E-state index contributed by atoms with van der Waals surface area (Å²) in [4.78, 5) is 0. The van der Waals surface area contributed by atoms with Gasteiger partial charge in [0.05, 0.1) is 10.6 Å². The molecule has 2 atom stereocenters. The third-order valence-electron chi connectivity index (χ3n) is 3.81. The molecule has 0 bridgehead atoms. The van der Waals surface area contributed by atoms with Crippen LogP contribution in [-0.4, -0.2) is 26.0 Å². The second kappa shape index (κ2) is 5.69. The average molecular weight is 328 g/mol. The van der Waals surface area contributed by atoms with Crippen LogP contribution < -0.4 is 14.8 Å². The first-order chi connectivity index (χ1) is 9.28. The molecule has 4 nitrogen and oxygen atoms in total. The van der Waals surface area contributed by atoms with Crippen LogP contribution >= 0.6 is 15.9 Å². The van der Waals surface area contributed by atoms with Crippen molar-refractivity contribution in [1.29, 1.82) is 0 Å². The predicted octanol–water partition coefficient (Wildman–Crippen LogP) is 2.83. The van der Waals surface area contributed by atoms with Crippen molar-refractivity contribution >= 4 is 15.9 Å². The van der Waals surface area contributed by atoms with Gasteiger partial charge < -0.3 is 19.5 Å². The monoisotopic (exact) mass is 327 g/mol. The number of hydrogen-bond donors (Lipinski definition) is 1. The highest BCUT2D eigenvalue weighted by Crippen LogP contribution is 2.40. The van der Waals surface area contributed by atoms with Gasteiger partial charge in [-0.25, -0.2) is 0 Å². The van der Waals surface area contributed by atoms with Gasteiger partial charge in [0.25, 0.3) is 0 Å². The Bertz CT molecular complexity index is 466. The summed E-state index contributed by atoms with van der Waals surface area (Å²) in [5.41, 5.74) is 1.19. The summed E-state index contributed by atoms with van der Waals surface area (Å²) in [6.45, 7) is 1.12. The molecule has 1 aromatic rings. The Kier molecular flexibility index (Phi) is 3.96. The molecule has 104 valence electrons. The van der Waals surface area contributed by atoms with Crippen molar-refractivity contribution in [2.24, 2.45) is 0 Å². The molecule has 0 radical (unpaired) electrons. The molecule has 2 aliphatic rings. The maximum atomic E-state index is 5.49. The van der Waals surface area contributed by atoms with Gasteiger partial charge in [0.1, 0.15) is 0 Å². The van der Waals surface area contributed by atoms with Crippen LogP contribution in [0.4, 0.5) is 0 Å². The zero-order valence-electron chi connectivity index (χ0n) is 10.9. The maximum Gasteiger partial charge on any atom is 0.231 e. The van der Waals surface area contributed by atoms with Crippen molar-refractivity contribution in [2.75, 3.05) is 13.9 Å². The molecule has 1 aromatic carbocycles. The van der Waals surface area contributed by atoms with Gasteiger partial charge in [-0.05, 0) is 52.9 Å². The Morgan fingerprint density at radius 3 is 3.11 bits per heavy atom. The van der Waals surface area contributed by atoms with E-state index in [0.717, 1.165) is 28.9 Å². The molecular weight excluding hydrogens is 310 g/mol. The van der Waals surface area contributed by atoms with E-state index in [0.29, 0.717) is 18.9 Å². The van der Waals surface area contributed by atoms with Crippen molar-refractivity contribution in [1.82, 2.24) is 5.32 Å². The fourth-order valence-electron chi connectivity index (χ4n) is 2.81. The zero-order chi connectivity index (χ0) is 13.2. The first-order valence-corrected chi connectivity index (χ1v) is 7.41. The van der Waals surface area contributed by atoms with E-state index in [1.54, 1.807) is 7.11 Å². The standard InChI is InChI=1S/C14H18BrNO3/c1-17-12-4-2-3-11(12)16-7-9-5-10(15)14-13(6-9)18-8-19-14/h5-6,11-12,16H,2-4,7-8H2,1H3. The summed E-state index contributed by atoms with van der Waals surface area (Å²) in [7, 11) is 1.79. The van der Waals surface area contributed by atoms with E-state index in [2.05, 4.69) is 27.3 Å². The summed E-state index contributed by atoms with van der Waals surface area (Å²) in [5.74, 6) is 1.63. The number of hydrogen-bond acceptors (Lipinski definition) is 4. The topological polar surface area (TPSA) is 39.7 Å². The zero-order valence-corrected chi connectivity index (χ0v) is 12.5. The van der Waals surface area contributed by atoms with Gasteiger partial charge >= 0.3 is 0 Å². The minimum absolute atomic E-state index is 0.305. The first kappa shape index (κ1) is 13.2. The largest absolute Gasteiger partial charge is 0.454 e. The number of nitrogens with one attached hydrogen (secondary N) is 1. The molecule has 1 aliphatic heterocycles. The van der Waals surface area contributed by atoms with Gasteiger partial charge in [-0.2, -0.15) is 0 Å². The molecule has 0 amide bonds. The van der Waals surface area contributed by atoms with E-state index in [9.17, 15) is 0 Å². The number of benzene rings is 1. The molecule has 1 heterocycles. The van der Waals surface area contributed by atoms with Crippen molar-refractivity contribution in [3.63, 3.8) is 0 Å². The SMILES string of the molecule is COC1CCCC1NCc1cc(Br)c2c(c1)OCO2. The lowest BCUT2D eigenvalue weighted by molar-refractivity contribution is 0.0847. The Morgan fingerprint density at radius 1 is 1.37 bits per heavy atom. The van der Waals surface area contributed by atoms with Crippen molar-refractivity contribution in [3.05, 3.63) is 22.2 Å². The number of methoxy groups -OCH3 is 1. The smallest absolute Gasteiger partial charge is 0.231 e. The normalized spacial score (nSPS) is 24.9.